The van der Waals surface area contributed by atoms with Gasteiger partial charge in [0, 0.05) is 30.7 Å². The number of ketones is 1. The lowest BCUT2D eigenvalue weighted by molar-refractivity contribution is -0.695. The molecule has 0 aliphatic carbocycles. The summed E-state index contributed by atoms with van der Waals surface area (Å²) < 4.78 is 13.1. The van der Waals surface area contributed by atoms with E-state index in [1.165, 1.54) is 12.0 Å². The Labute approximate surface area is 194 Å². The van der Waals surface area contributed by atoms with Gasteiger partial charge in [0.25, 0.3) is 5.91 Å². The summed E-state index contributed by atoms with van der Waals surface area (Å²) in [6, 6.07) is 9.65. The summed E-state index contributed by atoms with van der Waals surface area (Å²) in [5.41, 5.74) is 1.10. The third-order valence-corrected chi connectivity index (χ3v) is 5.94. The number of imidazole rings is 1. The Hall–Kier alpha value is -4.40. The van der Waals surface area contributed by atoms with E-state index in [2.05, 4.69) is 9.97 Å². The van der Waals surface area contributed by atoms with E-state index in [1.54, 1.807) is 48.8 Å². The first-order valence-electron chi connectivity index (χ1n) is 10.9. The second kappa shape index (κ2) is 8.86. The van der Waals surface area contributed by atoms with Crippen molar-refractivity contribution >= 4 is 22.7 Å². The first-order valence-corrected chi connectivity index (χ1v) is 10.9. The number of ether oxygens (including phenoxy) is 1. The average molecular weight is 459 g/mol. The van der Waals surface area contributed by atoms with Crippen LogP contribution >= 0.6 is 0 Å². The number of nitrogens with zero attached hydrogens (tertiary/aromatic N) is 3. The number of aromatic amines is 1. The molecule has 1 amide bonds. The predicted octanol–water partition coefficient (Wildman–Crippen LogP) is 3.12. The van der Waals surface area contributed by atoms with Crippen molar-refractivity contribution in [2.75, 3.05) is 13.7 Å². The summed E-state index contributed by atoms with van der Waals surface area (Å²) in [5, 5.41) is 11.5. The lowest BCUT2D eigenvalue weighted by Crippen LogP contribution is -2.36. The van der Waals surface area contributed by atoms with Crippen LogP contribution < -0.4 is 9.30 Å². The Morgan fingerprint density at radius 3 is 2.85 bits per heavy atom. The van der Waals surface area contributed by atoms with Crippen molar-refractivity contribution in [2.24, 2.45) is 0 Å². The van der Waals surface area contributed by atoms with E-state index in [1.807, 2.05) is 23.3 Å². The number of aryl methyl sites for hydroxylation is 1. The first-order chi connectivity index (χ1) is 16.6. The van der Waals surface area contributed by atoms with Crippen LogP contribution in [0.3, 0.4) is 0 Å². The largest absolute Gasteiger partial charge is 0.503 e. The number of nitrogens with one attached hydrogen (secondary N) is 1. The van der Waals surface area contributed by atoms with E-state index >= 15 is 0 Å². The first kappa shape index (κ1) is 21.4. The van der Waals surface area contributed by atoms with E-state index < -0.39 is 23.5 Å². The number of pyridine rings is 1. The topological polar surface area (TPSA) is 113 Å². The molecule has 0 saturated carbocycles. The van der Waals surface area contributed by atoms with Crippen LogP contribution in [-0.4, -0.2) is 45.3 Å². The van der Waals surface area contributed by atoms with Crippen molar-refractivity contribution < 1.29 is 28.4 Å². The maximum atomic E-state index is 13.6. The summed E-state index contributed by atoms with van der Waals surface area (Å²) >= 11 is 0. The van der Waals surface area contributed by atoms with E-state index in [0.717, 1.165) is 0 Å². The number of para-hydroxylation sites is 1. The number of hydrogen-bond acceptors (Lipinski definition) is 6. The summed E-state index contributed by atoms with van der Waals surface area (Å²) in [6.07, 6.45) is 9.35. The number of benzene rings is 1. The van der Waals surface area contributed by atoms with Gasteiger partial charge >= 0.3 is 0 Å². The fourth-order valence-electron chi connectivity index (χ4n) is 4.33. The highest BCUT2D eigenvalue weighted by molar-refractivity contribution is 6.16. The lowest BCUT2D eigenvalue weighted by atomic mass is 9.95. The Bertz CT molecular complexity index is 1380. The number of hydrogen-bond donors (Lipinski definition) is 2. The number of aromatic nitrogens is 3. The van der Waals surface area contributed by atoms with Gasteiger partial charge in [-0.1, -0.05) is 12.1 Å². The second-order valence-electron chi connectivity index (χ2n) is 7.97. The van der Waals surface area contributed by atoms with Crippen molar-refractivity contribution in [3.05, 3.63) is 90.2 Å². The number of rotatable bonds is 8. The van der Waals surface area contributed by atoms with Gasteiger partial charge in [-0.2, -0.15) is 0 Å². The quantitative estimate of drug-likeness (QED) is 0.309. The molecule has 1 aliphatic heterocycles. The molecule has 172 valence electrons. The molecule has 1 unspecified atom stereocenters. The highest BCUT2D eigenvalue weighted by atomic mass is 16.5. The normalized spacial score (nSPS) is 16.0. The number of Topliss-reactive ketones (excluding diaryl/α,β-unsaturated/α-hetero) is 1. The summed E-state index contributed by atoms with van der Waals surface area (Å²) in [6.45, 7) is 1.02. The van der Waals surface area contributed by atoms with Gasteiger partial charge in [-0.05, 0) is 29.8 Å². The van der Waals surface area contributed by atoms with Gasteiger partial charge in [-0.15, -0.1) is 0 Å². The minimum Gasteiger partial charge on any atom is -0.503 e. The van der Waals surface area contributed by atoms with E-state index in [0.29, 0.717) is 41.8 Å². The minimum absolute atomic E-state index is 0.0106. The van der Waals surface area contributed by atoms with Crippen molar-refractivity contribution in [1.29, 1.82) is 0 Å². The number of carbonyl (C=O) groups is 2. The number of carbonyl (C=O) groups excluding carboxylic acids is 2. The highest BCUT2D eigenvalue weighted by Gasteiger charge is 2.44. The number of aliphatic hydroxyl groups is 1. The van der Waals surface area contributed by atoms with Gasteiger partial charge in [-0.3, -0.25) is 19.6 Å². The van der Waals surface area contributed by atoms with E-state index in [-0.39, 0.29) is 11.3 Å². The van der Waals surface area contributed by atoms with Crippen LogP contribution in [0.2, 0.25) is 0 Å². The maximum absolute atomic E-state index is 13.6. The Balaban J connectivity index is 1.50. The van der Waals surface area contributed by atoms with Gasteiger partial charge in [0.15, 0.2) is 22.9 Å². The standard InChI is InChI=1S/C25H22N4O5/c1-33-18-5-2-4-17-14-19(34-24(17)18)22(30)20-21(16-6-8-26-9-7-16)29(25(32)23(20)31)12-3-11-28-13-10-27-15-28/h2,4-10,13-15,21H,3,11-12H2,1H3,(H,30,31)/p+1. The van der Waals surface area contributed by atoms with Crippen LogP contribution in [0.1, 0.15) is 28.6 Å². The molecule has 0 fully saturated rings. The van der Waals surface area contributed by atoms with Crippen LogP contribution in [0, 0.1) is 0 Å². The monoisotopic (exact) mass is 459 g/mol. The molecule has 9 heteroatoms. The molecule has 9 nitrogen and oxygen atoms in total. The van der Waals surface area contributed by atoms with Crippen molar-refractivity contribution in [2.45, 2.75) is 19.0 Å². The van der Waals surface area contributed by atoms with Crippen LogP contribution in [-0.2, 0) is 11.3 Å². The van der Waals surface area contributed by atoms with Crippen molar-refractivity contribution in [3.63, 3.8) is 0 Å². The number of fused-ring (bicyclic) bond motifs is 1. The predicted molar refractivity (Wildman–Crippen MR) is 121 cm³/mol. The van der Waals surface area contributed by atoms with Crippen LogP contribution in [0.25, 0.3) is 11.0 Å². The average Bonchev–Trinajstić information content (AvgIpc) is 3.59. The third kappa shape index (κ3) is 3.71. The molecule has 3 aromatic heterocycles. The molecule has 0 saturated heterocycles. The van der Waals surface area contributed by atoms with E-state index in [4.69, 9.17) is 9.15 Å². The second-order valence-corrected chi connectivity index (χ2v) is 7.97. The molecule has 2 N–H and O–H groups in total. The van der Waals surface area contributed by atoms with Gasteiger partial charge in [0.2, 0.25) is 12.1 Å². The fourth-order valence-corrected chi connectivity index (χ4v) is 4.33. The molecule has 1 atom stereocenters. The fraction of sp³-hybridized carbons (Fsp3) is 0.200. The summed E-state index contributed by atoms with van der Waals surface area (Å²) in [4.78, 5) is 35.2. The Morgan fingerprint density at radius 2 is 2.12 bits per heavy atom. The van der Waals surface area contributed by atoms with Gasteiger partial charge in [0.1, 0.15) is 12.4 Å². The molecular weight excluding hydrogens is 436 g/mol. The molecule has 4 aromatic rings. The van der Waals surface area contributed by atoms with Gasteiger partial charge in [0.05, 0.1) is 25.3 Å². The SMILES string of the molecule is COc1cccc2cc(C(=O)C3=C(O)C(=O)N(CCC[n+]4cc[nH]c4)C3c3ccncc3)oc12. The van der Waals surface area contributed by atoms with Crippen LogP contribution in [0.15, 0.2) is 83.3 Å². The molecule has 34 heavy (non-hydrogen) atoms. The zero-order chi connectivity index (χ0) is 23.7. The maximum Gasteiger partial charge on any atom is 0.290 e. The molecule has 4 heterocycles. The van der Waals surface area contributed by atoms with Crippen LogP contribution in [0.4, 0.5) is 0 Å². The number of amides is 1. The smallest absolute Gasteiger partial charge is 0.290 e. The molecule has 0 spiro atoms. The number of methoxy groups -OCH3 is 1. The molecule has 0 bridgehead atoms. The number of aliphatic hydroxyl groups excluding tert-OH is 1. The van der Waals surface area contributed by atoms with E-state index in [9.17, 15) is 14.7 Å². The summed E-state index contributed by atoms with van der Waals surface area (Å²) in [5.74, 6) is -1.18. The minimum atomic E-state index is -0.755. The molecule has 0 radical (unpaired) electrons. The Morgan fingerprint density at radius 1 is 1.29 bits per heavy atom. The van der Waals surface area contributed by atoms with Crippen molar-refractivity contribution in [1.82, 2.24) is 14.9 Å². The third-order valence-electron chi connectivity index (χ3n) is 5.94. The molecule has 1 aromatic carbocycles. The van der Waals surface area contributed by atoms with Gasteiger partial charge in [-0.25, -0.2) is 4.57 Å². The molecule has 1 aliphatic rings. The lowest BCUT2D eigenvalue weighted by Gasteiger charge is -2.26. The zero-order valence-electron chi connectivity index (χ0n) is 18.5. The Kier molecular flexibility index (Phi) is 5.59. The molecular formula is C25H23N4O5+. The number of furan rings is 1. The zero-order valence-corrected chi connectivity index (χ0v) is 18.5. The highest BCUT2D eigenvalue weighted by Crippen LogP contribution is 2.40. The van der Waals surface area contributed by atoms with Gasteiger partial charge < -0.3 is 19.2 Å². The summed E-state index contributed by atoms with van der Waals surface area (Å²) in [7, 11) is 1.52. The number of H-pyrrole nitrogens is 1. The molecule has 5 rings (SSSR count). The van der Waals surface area contributed by atoms with Crippen molar-refractivity contribution in [3.8, 4) is 5.75 Å². The van der Waals surface area contributed by atoms with Crippen LogP contribution in [0.5, 0.6) is 5.75 Å².